The lowest BCUT2D eigenvalue weighted by Gasteiger charge is -2.35. The van der Waals surface area contributed by atoms with Crippen LogP contribution in [0.15, 0.2) is 24.3 Å². The molecule has 24 heavy (non-hydrogen) atoms. The van der Waals surface area contributed by atoms with Gasteiger partial charge >= 0.3 is 6.09 Å². The van der Waals surface area contributed by atoms with E-state index in [1.807, 2.05) is 25.1 Å². The summed E-state index contributed by atoms with van der Waals surface area (Å²) in [6.45, 7) is 5.49. The molecule has 2 rings (SSSR count). The minimum atomic E-state index is -0.282. The van der Waals surface area contributed by atoms with Crippen molar-refractivity contribution in [1.82, 2.24) is 10.2 Å². The zero-order chi connectivity index (χ0) is 17.5. The molecule has 0 aromatic heterocycles. The lowest BCUT2D eigenvalue weighted by molar-refractivity contribution is -0.121. The number of methoxy groups -OCH3 is 1. The maximum Gasteiger partial charge on any atom is 0.409 e. The fourth-order valence-electron chi connectivity index (χ4n) is 3.38. The standard InChI is InChI=1S/C19H28N2O3/c1-4-15-8-5-6-9-16(15)12-18(22)20-14(2)17-10-7-11-21(13-17)19(23)24-3/h5-6,8-9,14,17H,4,7,10-13H2,1-3H3,(H,20,22)/t14-,17-/m1/s1. The Balaban J connectivity index is 1.90. The monoisotopic (exact) mass is 332 g/mol. The summed E-state index contributed by atoms with van der Waals surface area (Å²) in [5, 5.41) is 3.11. The van der Waals surface area contributed by atoms with Crippen LogP contribution in [0.3, 0.4) is 0 Å². The Morgan fingerprint density at radius 3 is 2.71 bits per heavy atom. The molecule has 5 heteroatoms. The number of carbonyl (C=O) groups is 2. The van der Waals surface area contributed by atoms with Crippen molar-refractivity contribution < 1.29 is 14.3 Å². The van der Waals surface area contributed by atoms with Crippen LogP contribution in [-0.4, -0.2) is 43.1 Å². The molecule has 1 aliphatic rings. The van der Waals surface area contributed by atoms with E-state index < -0.39 is 0 Å². The van der Waals surface area contributed by atoms with E-state index in [1.54, 1.807) is 4.90 Å². The predicted molar refractivity (Wildman–Crippen MR) is 93.8 cm³/mol. The van der Waals surface area contributed by atoms with E-state index in [9.17, 15) is 9.59 Å². The lowest BCUT2D eigenvalue weighted by atomic mass is 9.91. The van der Waals surface area contributed by atoms with Crippen molar-refractivity contribution in [1.29, 1.82) is 0 Å². The van der Waals surface area contributed by atoms with Crippen molar-refractivity contribution >= 4 is 12.0 Å². The number of nitrogens with zero attached hydrogens (tertiary/aromatic N) is 1. The lowest BCUT2D eigenvalue weighted by Crippen LogP contribution is -2.48. The molecule has 5 nitrogen and oxygen atoms in total. The van der Waals surface area contributed by atoms with Gasteiger partial charge in [0.2, 0.25) is 5.91 Å². The first kappa shape index (κ1) is 18.3. The SMILES string of the molecule is CCc1ccccc1CC(=O)N[C@H](C)[C@@H]1CCCN(C(=O)OC)C1. The Hall–Kier alpha value is -2.04. The summed E-state index contributed by atoms with van der Waals surface area (Å²) < 4.78 is 4.80. The third kappa shape index (κ3) is 4.73. The zero-order valence-corrected chi connectivity index (χ0v) is 14.9. The van der Waals surface area contributed by atoms with Crippen molar-refractivity contribution in [2.24, 2.45) is 5.92 Å². The van der Waals surface area contributed by atoms with Gasteiger partial charge in [-0.1, -0.05) is 31.2 Å². The Morgan fingerprint density at radius 1 is 1.33 bits per heavy atom. The van der Waals surface area contributed by atoms with E-state index in [0.29, 0.717) is 13.0 Å². The number of likely N-dealkylation sites (tertiary alicyclic amines) is 1. The third-order valence-corrected chi connectivity index (χ3v) is 4.84. The van der Waals surface area contributed by atoms with Crippen LogP contribution in [0.4, 0.5) is 4.79 Å². The number of aryl methyl sites for hydroxylation is 1. The van der Waals surface area contributed by atoms with E-state index >= 15 is 0 Å². The molecule has 0 spiro atoms. The highest BCUT2D eigenvalue weighted by atomic mass is 16.5. The highest BCUT2D eigenvalue weighted by Gasteiger charge is 2.28. The van der Waals surface area contributed by atoms with Crippen LogP contribution < -0.4 is 5.32 Å². The highest BCUT2D eigenvalue weighted by Crippen LogP contribution is 2.20. The minimum absolute atomic E-state index is 0.0404. The maximum absolute atomic E-state index is 12.4. The third-order valence-electron chi connectivity index (χ3n) is 4.84. The van der Waals surface area contributed by atoms with Crippen molar-refractivity contribution in [3.63, 3.8) is 0 Å². The average Bonchev–Trinajstić information content (AvgIpc) is 2.61. The van der Waals surface area contributed by atoms with Crippen molar-refractivity contribution in [2.75, 3.05) is 20.2 Å². The summed E-state index contributed by atoms with van der Waals surface area (Å²) in [7, 11) is 1.41. The molecule has 2 atom stereocenters. The number of piperidine rings is 1. The molecule has 0 saturated carbocycles. The van der Waals surface area contributed by atoms with Crippen LogP contribution in [-0.2, 0) is 22.4 Å². The molecule has 2 amide bonds. The fourth-order valence-corrected chi connectivity index (χ4v) is 3.38. The zero-order valence-electron chi connectivity index (χ0n) is 14.9. The quantitative estimate of drug-likeness (QED) is 0.902. The maximum atomic E-state index is 12.4. The molecular formula is C19H28N2O3. The van der Waals surface area contributed by atoms with Crippen LogP contribution in [0.1, 0.15) is 37.8 Å². The average molecular weight is 332 g/mol. The largest absolute Gasteiger partial charge is 0.453 e. The second kappa shape index (κ2) is 8.71. The second-order valence-electron chi connectivity index (χ2n) is 6.47. The van der Waals surface area contributed by atoms with Gasteiger partial charge in [0, 0.05) is 19.1 Å². The summed E-state index contributed by atoms with van der Waals surface area (Å²) in [6, 6.07) is 8.11. The minimum Gasteiger partial charge on any atom is -0.453 e. The van der Waals surface area contributed by atoms with Gasteiger partial charge in [0.1, 0.15) is 0 Å². The Labute approximate surface area is 144 Å². The Kier molecular flexibility index (Phi) is 6.64. The van der Waals surface area contributed by atoms with E-state index in [-0.39, 0.29) is 24.0 Å². The van der Waals surface area contributed by atoms with Crippen LogP contribution in [0.5, 0.6) is 0 Å². The van der Waals surface area contributed by atoms with Gasteiger partial charge in [0.25, 0.3) is 0 Å². The summed E-state index contributed by atoms with van der Waals surface area (Å²) >= 11 is 0. The second-order valence-corrected chi connectivity index (χ2v) is 6.47. The molecule has 1 aromatic rings. The van der Waals surface area contributed by atoms with Crippen molar-refractivity contribution in [3.05, 3.63) is 35.4 Å². The molecule has 132 valence electrons. The van der Waals surface area contributed by atoms with Crippen LogP contribution in [0.25, 0.3) is 0 Å². The van der Waals surface area contributed by atoms with Gasteiger partial charge in [-0.3, -0.25) is 4.79 Å². The molecule has 1 aromatic carbocycles. The van der Waals surface area contributed by atoms with Gasteiger partial charge in [-0.15, -0.1) is 0 Å². The first-order valence-corrected chi connectivity index (χ1v) is 8.74. The Bertz CT molecular complexity index is 573. The number of hydrogen-bond donors (Lipinski definition) is 1. The first-order chi connectivity index (χ1) is 11.5. The molecular weight excluding hydrogens is 304 g/mol. The summed E-state index contributed by atoms with van der Waals surface area (Å²) in [4.78, 5) is 25.8. The number of hydrogen-bond acceptors (Lipinski definition) is 3. The van der Waals surface area contributed by atoms with Crippen LogP contribution in [0.2, 0.25) is 0 Å². The number of ether oxygens (including phenoxy) is 1. The molecule has 0 unspecified atom stereocenters. The van der Waals surface area contributed by atoms with Gasteiger partial charge in [0.05, 0.1) is 13.5 Å². The van der Waals surface area contributed by atoms with Crippen molar-refractivity contribution in [2.45, 2.75) is 45.6 Å². The van der Waals surface area contributed by atoms with Gasteiger partial charge in [-0.25, -0.2) is 4.79 Å². The molecule has 1 saturated heterocycles. The predicted octanol–water partition coefficient (Wildman–Crippen LogP) is 2.77. The molecule has 0 bridgehead atoms. The molecule has 1 fully saturated rings. The Morgan fingerprint density at radius 2 is 2.04 bits per heavy atom. The molecule has 1 N–H and O–H groups in total. The number of benzene rings is 1. The summed E-state index contributed by atoms with van der Waals surface area (Å²) in [5.41, 5.74) is 2.30. The smallest absolute Gasteiger partial charge is 0.409 e. The highest BCUT2D eigenvalue weighted by molar-refractivity contribution is 5.79. The topological polar surface area (TPSA) is 58.6 Å². The normalized spacial score (nSPS) is 18.8. The molecule has 1 aliphatic heterocycles. The first-order valence-electron chi connectivity index (χ1n) is 8.74. The summed E-state index contributed by atoms with van der Waals surface area (Å²) in [5.74, 6) is 0.307. The van der Waals surface area contributed by atoms with E-state index in [0.717, 1.165) is 31.4 Å². The molecule has 1 heterocycles. The molecule has 0 radical (unpaired) electrons. The fraction of sp³-hybridized carbons (Fsp3) is 0.579. The van der Waals surface area contributed by atoms with E-state index in [2.05, 4.69) is 18.3 Å². The van der Waals surface area contributed by atoms with Crippen molar-refractivity contribution in [3.8, 4) is 0 Å². The number of nitrogens with one attached hydrogen (secondary N) is 1. The number of amides is 2. The van der Waals surface area contributed by atoms with Crippen LogP contribution in [0, 0.1) is 5.92 Å². The molecule has 0 aliphatic carbocycles. The number of rotatable bonds is 5. The van der Waals surface area contributed by atoms with Gasteiger partial charge in [0.15, 0.2) is 0 Å². The van der Waals surface area contributed by atoms with Gasteiger partial charge in [-0.2, -0.15) is 0 Å². The summed E-state index contributed by atoms with van der Waals surface area (Å²) in [6.07, 6.45) is 3.01. The van der Waals surface area contributed by atoms with Gasteiger partial charge < -0.3 is 15.0 Å². The number of carbonyl (C=O) groups excluding carboxylic acids is 2. The van der Waals surface area contributed by atoms with E-state index in [1.165, 1.54) is 12.7 Å². The van der Waals surface area contributed by atoms with Crippen LogP contribution >= 0.6 is 0 Å². The van der Waals surface area contributed by atoms with Gasteiger partial charge in [-0.05, 0) is 43.2 Å². The van der Waals surface area contributed by atoms with E-state index in [4.69, 9.17) is 4.74 Å².